The molecule has 0 unspecified atom stereocenters. The minimum Gasteiger partial charge on any atom is -0.481 e. The van der Waals surface area contributed by atoms with Crippen molar-refractivity contribution in [2.24, 2.45) is 68.0 Å². The van der Waals surface area contributed by atoms with Crippen molar-refractivity contribution in [2.75, 3.05) is 19.8 Å². The Kier molecular flexibility index (Phi) is 11.3. The number of allylic oxidation sites excluding steroid dienone is 2. The van der Waals surface area contributed by atoms with E-state index in [1.165, 1.54) is 5.57 Å². The maximum atomic E-state index is 13.5. The number of carboxylic acid groups (broad SMARTS) is 1. The Balaban J connectivity index is 1.25. The predicted molar refractivity (Wildman–Crippen MR) is 219 cm³/mol. The Morgan fingerprint density at radius 1 is 0.983 bits per heavy atom. The van der Waals surface area contributed by atoms with E-state index in [9.17, 15) is 45.3 Å². The number of aliphatic carboxylic acids is 1. The Labute approximate surface area is 353 Å². The second-order valence-corrected chi connectivity index (χ2v) is 21.7. The highest BCUT2D eigenvalue weighted by atomic mass is 16.7. The number of ether oxygens (including phenoxy) is 2. The maximum absolute atomic E-state index is 13.5. The van der Waals surface area contributed by atoms with E-state index < -0.39 is 70.4 Å². The number of carboxylic acids is 1. The number of aliphatic hydroxyl groups is 6. The number of fused-ring (bicyclic) bond motifs is 7. The summed E-state index contributed by atoms with van der Waals surface area (Å²) in [5.41, 5.74) is -1.61. The summed E-state index contributed by atoms with van der Waals surface area (Å²) in [6, 6.07) is -0.220. The molecule has 4 saturated carbocycles. The zero-order valence-corrected chi connectivity index (χ0v) is 36.3. The summed E-state index contributed by atoms with van der Waals surface area (Å²) in [6.07, 6.45) is 4.30. The van der Waals surface area contributed by atoms with Crippen LogP contribution in [0.2, 0.25) is 0 Å². The molecule has 1 amide bonds. The van der Waals surface area contributed by atoms with Gasteiger partial charge in [-0.1, -0.05) is 59.6 Å². The number of carbonyl (C=O) groups is 2. The Morgan fingerprint density at radius 3 is 2.38 bits per heavy atom. The second-order valence-electron chi connectivity index (χ2n) is 21.7. The number of imidazole rings is 1. The van der Waals surface area contributed by atoms with Gasteiger partial charge in [0, 0.05) is 42.8 Å². The number of hydrogen-bond acceptors (Lipinski definition) is 11. The number of nitrogens with one attached hydrogen (secondary N) is 2. The molecular weight excluding hydrogens is 771 g/mol. The highest BCUT2D eigenvalue weighted by Gasteiger charge is 2.74. The molecule has 8 rings (SSSR count). The van der Waals surface area contributed by atoms with E-state index in [2.05, 4.69) is 56.0 Å². The SMILES string of the molecule is CC[C@@H]1C[C@@]2(C(=O)O)CC[C@](C)(CO)C[C@H]2C2=CC[C@@H]3[C@@]4(C)[C@H](C[C@H]5CC(=O)N[C@@H]5Cc5cnc[nH]5)[C@@H](O)[C@@H](O[C@@H]5OC[C@@H](O)[C@H](O)[C@H]5O)[C@@](C)(CO)[C@H]4CC[C@@]3(C)[C@@]21C. The van der Waals surface area contributed by atoms with Gasteiger partial charge in [-0.3, -0.25) is 9.59 Å². The molecule has 0 radical (unpaired) electrons. The lowest BCUT2D eigenvalue weighted by Crippen LogP contribution is -2.73. The van der Waals surface area contributed by atoms with E-state index >= 15 is 0 Å². The summed E-state index contributed by atoms with van der Waals surface area (Å²) in [5, 5.41) is 81.6. The smallest absolute Gasteiger partial charge is 0.310 e. The lowest BCUT2D eigenvalue weighted by atomic mass is 9.30. The number of amides is 1. The van der Waals surface area contributed by atoms with E-state index in [1.54, 1.807) is 12.5 Å². The van der Waals surface area contributed by atoms with E-state index in [4.69, 9.17) is 9.47 Å². The molecule has 14 nitrogen and oxygen atoms in total. The van der Waals surface area contributed by atoms with Gasteiger partial charge >= 0.3 is 5.97 Å². The van der Waals surface area contributed by atoms with Crippen molar-refractivity contribution in [1.29, 1.82) is 0 Å². The minimum absolute atomic E-state index is 0.00491. The second kappa shape index (κ2) is 15.4. The summed E-state index contributed by atoms with van der Waals surface area (Å²) in [6.45, 7) is 12.7. The van der Waals surface area contributed by atoms with Gasteiger partial charge in [-0.05, 0) is 109 Å². The molecule has 0 bridgehead atoms. The third-order valence-electron chi connectivity index (χ3n) is 19.2. The molecule has 336 valence electrons. The fourth-order valence-electron chi connectivity index (χ4n) is 15.6. The molecule has 1 aromatic heterocycles. The van der Waals surface area contributed by atoms with Crippen LogP contribution in [0.3, 0.4) is 0 Å². The normalized spacial score (nSPS) is 51.4. The molecule has 60 heavy (non-hydrogen) atoms. The lowest BCUT2D eigenvalue weighted by Gasteiger charge is -2.74. The van der Waals surface area contributed by atoms with Gasteiger partial charge in [0.2, 0.25) is 5.91 Å². The Hall–Kier alpha value is -2.43. The summed E-state index contributed by atoms with van der Waals surface area (Å²) in [5.74, 6) is -1.79. The van der Waals surface area contributed by atoms with Gasteiger partial charge in [0.05, 0.1) is 37.2 Å². The number of carbonyl (C=O) groups excluding carboxylic acids is 1. The van der Waals surface area contributed by atoms with Crippen molar-refractivity contribution in [3.8, 4) is 0 Å². The van der Waals surface area contributed by atoms with Crippen LogP contribution in [0.5, 0.6) is 0 Å². The summed E-state index contributed by atoms with van der Waals surface area (Å²) >= 11 is 0. The van der Waals surface area contributed by atoms with Gasteiger partial charge in [0.25, 0.3) is 0 Å². The largest absolute Gasteiger partial charge is 0.481 e. The maximum Gasteiger partial charge on any atom is 0.310 e. The lowest BCUT2D eigenvalue weighted by molar-refractivity contribution is -0.341. The molecule has 3 heterocycles. The van der Waals surface area contributed by atoms with E-state index in [1.807, 2.05) is 6.92 Å². The quantitative estimate of drug-likeness (QED) is 0.122. The number of hydrogen-bond donors (Lipinski definition) is 9. The van der Waals surface area contributed by atoms with Crippen molar-refractivity contribution < 1.29 is 54.8 Å². The van der Waals surface area contributed by atoms with Gasteiger partial charge in [-0.15, -0.1) is 0 Å². The average Bonchev–Trinajstić information content (AvgIpc) is 3.86. The van der Waals surface area contributed by atoms with Gasteiger partial charge in [0.15, 0.2) is 6.29 Å². The van der Waals surface area contributed by atoms with Gasteiger partial charge in [0.1, 0.15) is 18.3 Å². The number of rotatable bonds is 10. The molecule has 2 aliphatic heterocycles. The van der Waals surface area contributed by atoms with Gasteiger partial charge in [-0.2, -0.15) is 0 Å². The first kappa shape index (κ1) is 44.2. The zero-order valence-electron chi connectivity index (χ0n) is 36.3. The predicted octanol–water partition coefficient (Wildman–Crippen LogP) is 3.34. The molecule has 6 fully saturated rings. The monoisotopic (exact) mass is 842 g/mol. The van der Waals surface area contributed by atoms with Crippen LogP contribution in [0.1, 0.15) is 111 Å². The fourth-order valence-corrected chi connectivity index (χ4v) is 15.6. The number of aliphatic hydroxyl groups excluding tert-OH is 6. The van der Waals surface area contributed by atoms with Crippen LogP contribution in [0.25, 0.3) is 0 Å². The number of aromatic nitrogens is 2. The molecule has 14 heteroatoms. The van der Waals surface area contributed by atoms with Crippen molar-refractivity contribution in [3.05, 3.63) is 29.9 Å². The van der Waals surface area contributed by atoms with Crippen LogP contribution in [0.4, 0.5) is 0 Å². The minimum atomic E-state index is -1.59. The van der Waals surface area contributed by atoms with Gasteiger partial charge in [-0.25, -0.2) is 4.98 Å². The number of aromatic amines is 1. The Morgan fingerprint density at radius 2 is 1.73 bits per heavy atom. The standard InChI is InChI=1S/C46H71N3O11/c1-7-25-17-46(40(57)58)13-12-41(2,21-50)18-29(46)27-8-9-33-43(4,45(25,27)6)11-10-32-42(3,22-51)38(60-39-37(56)36(55)31(52)20-59-39)35(54)28(44(32,33)5)14-24-15-34(53)49-30(24)16-26-19-47-23-48-26/h8,19,23-25,28-33,35-39,50-52,54-56H,7,9-18,20-22H2,1-6H3,(H,47,48)(H,49,53)(H,57,58)/t24-,25+,28+,29-,30+,31+,32+,33-,35+,36-,37+,38+,39-,41-,42-,43+,44-,45+,46-/m0/s1. The first-order valence-corrected chi connectivity index (χ1v) is 22.7. The highest BCUT2D eigenvalue weighted by molar-refractivity contribution is 5.79. The van der Waals surface area contributed by atoms with Crippen LogP contribution >= 0.6 is 0 Å². The fraction of sp³-hybridized carbons (Fsp3) is 0.848. The van der Waals surface area contributed by atoms with Crippen molar-refractivity contribution in [1.82, 2.24) is 15.3 Å². The van der Waals surface area contributed by atoms with Crippen LogP contribution in [-0.2, 0) is 25.5 Å². The molecule has 5 aliphatic carbocycles. The average molecular weight is 842 g/mol. The first-order valence-electron chi connectivity index (χ1n) is 22.7. The van der Waals surface area contributed by atoms with Crippen LogP contribution in [-0.4, -0.2) is 120 Å². The van der Waals surface area contributed by atoms with E-state index in [0.717, 1.165) is 18.5 Å². The van der Waals surface area contributed by atoms with Crippen LogP contribution in [0.15, 0.2) is 24.2 Å². The summed E-state index contributed by atoms with van der Waals surface area (Å²) in [4.78, 5) is 34.2. The summed E-state index contributed by atoms with van der Waals surface area (Å²) in [7, 11) is 0. The zero-order chi connectivity index (χ0) is 43.4. The molecule has 0 aromatic carbocycles. The topological polar surface area (TPSA) is 235 Å². The van der Waals surface area contributed by atoms with Gasteiger partial charge < -0.3 is 55.5 Å². The van der Waals surface area contributed by atoms with E-state index in [-0.39, 0.29) is 78.6 Å². The number of H-pyrrole nitrogens is 1. The van der Waals surface area contributed by atoms with Crippen molar-refractivity contribution >= 4 is 11.9 Å². The van der Waals surface area contributed by atoms with Crippen molar-refractivity contribution in [2.45, 2.75) is 155 Å². The van der Waals surface area contributed by atoms with Crippen LogP contribution in [0, 0.1) is 68.0 Å². The third-order valence-corrected chi connectivity index (χ3v) is 19.2. The van der Waals surface area contributed by atoms with E-state index in [0.29, 0.717) is 51.4 Å². The number of nitrogens with zero attached hydrogens (tertiary/aromatic N) is 1. The molecule has 2 saturated heterocycles. The summed E-state index contributed by atoms with van der Waals surface area (Å²) < 4.78 is 12.4. The molecule has 7 aliphatic rings. The van der Waals surface area contributed by atoms with Crippen LogP contribution < -0.4 is 5.32 Å². The highest BCUT2D eigenvalue weighted by Crippen LogP contribution is 2.78. The third kappa shape index (κ3) is 6.26. The molecule has 19 atom stereocenters. The molecular formula is C46H71N3O11. The molecule has 0 spiro atoms. The molecule has 9 N–H and O–H groups in total. The van der Waals surface area contributed by atoms with Crippen molar-refractivity contribution in [3.63, 3.8) is 0 Å². The Bertz CT molecular complexity index is 1810. The molecule has 1 aromatic rings. The first-order chi connectivity index (χ1) is 28.3.